The van der Waals surface area contributed by atoms with E-state index in [0.717, 1.165) is 19.3 Å². The van der Waals surface area contributed by atoms with Crippen LogP contribution in [0.15, 0.2) is 11.9 Å². The molecule has 1 aliphatic heterocycles. The molecule has 2 radical (unpaired) electrons. The molecule has 1 aliphatic rings. The van der Waals surface area contributed by atoms with E-state index in [9.17, 15) is 0 Å². The van der Waals surface area contributed by atoms with Gasteiger partial charge in [-0.15, -0.1) is 0 Å². The smallest absolute Gasteiger partial charge is 0.191 e. The lowest BCUT2D eigenvalue weighted by atomic mass is 9.81. The number of hydrogen-bond acceptors (Lipinski definition) is 4. The van der Waals surface area contributed by atoms with Gasteiger partial charge in [-0.3, -0.25) is 0 Å². The molecule has 16 heavy (non-hydrogen) atoms. The van der Waals surface area contributed by atoms with Gasteiger partial charge in [0.2, 0.25) is 0 Å². The van der Waals surface area contributed by atoms with Gasteiger partial charge < -0.3 is 19.3 Å². The van der Waals surface area contributed by atoms with E-state index in [1.165, 1.54) is 5.82 Å². The summed E-state index contributed by atoms with van der Waals surface area (Å²) in [6.45, 7) is 1.99. The van der Waals surface area contributed by atoms with Crippen LogP contribution in [-0.2, 0) is 9.47 Å². The monoisotopic (exact) mass is 244 g/mol. The first kappa shape index (κ1) is 14.1. The van der Waals surface area contributed by atoms with Gasteiger partial charge in [-0.1, -0.05) is 6.92 Å². The van der Waals surface area contributed by atoms with Gasteiger partial charge in [0.25, 0.3) is 0 Å². The third-order valence-electron chi connectivity index (χ3n) is 3.00. The summed E-state index contributed by atoms with van der Waals surface area (Å²) in [7, 11) is 5.44. The third kappa shape index (κ3) is 3.54. The van der Waals surface area contributed by atoms with E-state index in [2.05, 4.69) is 0 Å². The van der Waals surface area contributed by atoms with Crippen molar-refractivity contribution >= 4 is 16.2 Å². The van der Waals surface area contributed by atoms with Crippen LogP contribution in [0, 0.1) is 0 Å². The van der Waals surface area contributed by atoms with Crippen LogP contribution in [0.1, 0.15) is 26.2 Å². The summed E-state index contributed by atoms with van der Waals surface area (Å²) >= 11 is 0. The van der Waals surface area contributed by atoms with Crippen molar-refractivity contribution in [2.24, 2.45) is 0 Å². The predicted molar refractivity (Wildman–Crippen MR) is 64.2 cm³/mol. The van der Waals surface area contributed by atoms with Crippen LogP contribution in [0.2, 0.25) is 0 Å². The Morgan fingerprint density at radius 3 is 2.75 bits per heavy atom. The second-order valence-corrected chi connectivity index (χ2v) is 4.89. The first-order chi connectivity index (χ1) is 7.53. The maximum Gasteiger partial charge on any atom is 0.191 e. The second kappa shape index (κ2) is 6.13. The van der Waals surface area contributed by atoms with E-state index in [0.29, 0.717) is 0 Å². The highest BCUT2D eigenvalue weighted by Gasteiger charge is 2.36. The molecule has 3 atom stereocenters. The predicted octanol–water partition coefficient (Wildman–Crippen LogP) is 1.27. The average Bonchev–Trinajstić information content (AvgIpc) is 2.26. The Morgan fingerprint density at radius 2 is 2.31 bits per heavy atom. The fraction of sp³-hybridized carbons (Fsp3) is 0.800. The summed E-state index contributed by atoms with van der Waals surface area (Å²) < 4.78 is 10.9. The number of hydrogen-bond donors (Lipinski definition) is 2. The Labute approximate surface area is 99.0 Å². The van der Waals surface area contributed by atoms with Crippen molar-refractivity contribution in [1.29, 1.82) is 0 Å². The molecule has 1 saturated heterocycles. The molecule has 1 unspecified atom stereocenters. The molecular weight excluding hydrogens is 226 g/mol. The average molecular weight is 244 g/mol. The minimum absolute atomic E-state index is 0.0853. The van der Waals surface area contributed by atoms with E-state index in [4.69, 9.17) is 27.1 Å². The maximum absolute atomic E-state index is 8.88. The van der Waals surface area contributed by atoms with Gasteiger partial charge in [0.1, 0.15) is 7.85 Å². The number of methoxy groups -OCH3 is 1. The molecule has 0 amide bonds. The van der Waals surface area contributed by atoms with E-state index < -0.39 is 20.0 Å². The molecule has 1 heterocycles. The van der Waals surface area contributed by atoms with E-state index >= 15 is 0 Å². The van der Waals surface area contributed by atoms with Crippen molar-refractivity contribution in [3.8, 4) is 0 Å². The van der Waals surface area contributed by atoms with Crippen LogP contribution >= 0.6 is 8.38 Å². The summed E-state index contributed by atoms with van der Waals surface area (Å²) in [5.74, 6) is 1.37. The van der Waals surface area contributed by atoms with Gasteiger partial charge in [-0.05, 0) is 31.2 Å². The Bertz CT molecular complexity index is 249. The highest BCUT2D eigenvalue weighted by molar-refractivity contribution is 7.48. The molecule has 0 aromatic rings. The van der Waals surface area contributed by atoms with Crippen molar-refractivity contribution in [3.63, 3.8) is 0 Å². The Balaban J connectivity index is 2.69. The van der Waals surface area contributed by atoms with Gasteiger partial charge in [0.05, 0.1) is 11.7 Å². The van der Waals surface area contributed by atoms with Crippen LogP contribution in [-0.4, -0.2) is 42.5 Å². The molecule has 1 fully saturated rings. The lowest BCUT2D eigenvalue weighted by Gasteiger charge is -2.42. The molecule has 0 saturated carbocycles. The molecule has 2 N–H and O–H groups in total. The molecule has 0 aromatic carbocycles. The van der Waals surface area contributed by atoms with Crippen molar-refractivity contribution in [2.45, 2.75) is 43.9 Å². The molecule has 0 aliphatic carbocycles. The molecule has 4 nitrogen and oxygen atoms in total. The van der Waals surface area contributed by atoms with E-state index in [1.807, 2.05) is 6.92 Å². The molecule has 0 bridgehead atoms. The van der Waals surface area contributed by atoms with Crippen LogP contribution in [0.3, 0.4) is 0 Å². The van der Waals surface area contributed by atoms with Crippen molar-refractivity contribution in [1.82, 2.24) is 0 Å². The SMILES string of the molecule is [B]C1O[C@@](/C=C/P(O)O)(CC)CC[C@H]1OC. The lowest BCUT2D eigenvalue weighted by Crippen LogP contribution is -2.46. The summed E-state index contributed by atoms with van der Waals surface area (Å²) in [4.78, 5) is 17.8. The lowest BCUT2D eigenvalue weighted by molar-refractivity contribution is -0.130. The topological polar surface area (TPSA) is 58.9 Å². The normalized spacial score (nSPS) is 36.1. The van der Waals surface area contributed by atoms with Gasteiger partial charge in [0.15, 0.2) is 8.38 Å². The standard InChI is InChI=1S/C10H18BO4P/c1-3-10(6-7-16(12)13)5-4-8(14-2)9(11)15-10/h6-9,12-13H,3-5H2,1-2H3/b7-6+/t8-,9?,10+/m1/s1. The summed E-state index contributed by atoms with van der Waals surface area (Å²) in [6, 6.07) is -0.466. The van der Waals surface area contributed by atoms with Crippen LogP contribution < -0.4 is 0 Å². The van der Waals surface area contributed by atoms with Crippen molar-refractivity contribution in [2.75, 3.05) is 7.11 Å². The molecule has 90 valence electrons. The van der Waals surface area contributed by atoms with E-state index in [-0.39, 0.29) is 6.10 Å². The van der Waals surface area contributed by atoms with Gasteiger partial charge >= 0.3 is 0 Å². The first-order valence-corrected chi connectivity index (χ1v) is 6.67. The molecule has 6 heteroatoms. The Hall–Kier alpha value is 0.0749. The minimum atomic E-state index is -2.02. The zero-order chi connectivity index (χ0) is 12.2. The summed E-state index contributed by atoms with van der Waals surface area (Å²) in [5.41, 5.74) is -0.486. The minimum Gasteiger partial charge on any atom is -0.380 e. The molecular formula is C10H18BO4P. The summed E-state index contributed by atoms with van der Waals surface area (Å²) in [6.07, 6.45) is 3.96. The van der Waals surface area contributed by atoms with Gasteiger partial charge in [-0.25, -0.2) is 0 Å². The fourth-order valence-electron chi connectivity index (χ4n) is 1.91. The summed E-state index contributed by atoms with van der Waals surface area (Å²) in [5, 5.41) is 0. The van der Waals surface area contributed by atoms with E-state index in [1.54, 1.807) is 13.2 Å². The molecule has 1 rings (SSSR count). The number of ether oxygens (including phenoxy) is 2. The highest BCUT2D eigenvalue weighted by Crippen LogP contribution is 2.36. The van der Waals surface area contributed by atoms with Crippen LogP contribution in [0.4, 0.5) is 0 Å². The zero-order valence-electron chi connectivity index (χ0n) is 9.67. The first-order valence-electron chi connectivity index (χ1n) is 5.35. The Kier molecular flexibility index (Phi) is 5.41. The second-order valence-electron chi connectivity index (χ2n) is 3.95. The fourth-order valence-corrected chi connectivity index (χ4v) is 2.32. The Morgan fingerprint density at radius 1 is 1.62 bits per heavy atom. The zero-order valence-corrected chi connectivity index (χ0v) is 10.6. The van der Waals surface area contributed by atoms with Crippen molar-refractivity contribution in [3.05, 3.63) is 11.9 Å². The molecule has 0 spiro atoms. The van der Waals surface area contributed by atoms with Gasteiger partial charge in [0, 0.05) is 13.1 Å². The van der Waals surface area contributed by atoms with Crippen molar-refractivity contribution < 1.29 is 19.3 Å². The van der Waals surface area contributed by atoms with Gasteiger partial charge in [-0.2, -0.15) is 0 Å². The largest absolute Gasteiger partial charge is 0.380 e. The third-order valence-corrected chi connectivity index (χ3v) is 3.42. The number of rotatable bonds is 4. The quantitative estimate of drug-likeness (QED) is 0.577. The highest BCUT2D eigenvalue weighted by atomic mass is 31.2. The van der Waals surface area contributed by atoms with Crippen LogP contribution in [0.5, 0.6) is 0 Å². The maximum atomic E-state index is 8.88. The molecule has 0 aromatic heterocycles. The van der Waals surface area contributed by atoms with Crippen LogP contribution in [0.25, 0.3) is 0 Å².